The summed E-state index contributed by atoms with van der Waals surface area (Å²) in [6.07, 6.45) is 3.95. The number of aliphatic hydroxyl groups excluding tert-OH is 1. The van der Waals surface area contributed by atoms with Gasteiger partial charge in [0, 0.05) is 6.61 Å². The van der Waals surface area contributed by atoms with E-state index in [1.54, 1.807) is 0 Å². The van der Waals surface area contributed by atoms with E-state index in [0.717, 1.165) is 12.8 Å². The van der Waals surface area contributed by atoms with Crippen LogP contribution in [0, 0.1) is 0 Å². The van der Waals surface area contributed by atoms with Crippen molar-refractivity contribution in [1.82, 2.24) is 0 Å². The van der Waals surface area contributed by atoms with Crippen molar-refractivity contribution >= 4 is 0 Å². The smallest absolute Gasteiger partial charge is 0.0471 e. The Kier molecular flexibility index (Phi) is 4.41. The van der Waals surface area contributed by atoms with Crippen LogP contribution in [0.4, 0.5) is 0 Å². The molecule has 76 valence electrons. The van der Waals surface area contributed by atoms with E-state index in [0.29, 0.717) is 0 Å². The summed E-state index contributed by atoms with van der Waals surface area (Å²) >= 11 is 0. The zero-order chi connectivity index (χ0) is 10.4. The van der Waals surface area contributed by atoms with Crippen LogP contribution >= 0.6 is 0 Å². The van der Waals surface area contributed by atoms with Gasteiger partial charge in [-0.2, -0.15) is 0 Å². The highest BCUT2D eigenvalue weighted by molar-refractivity contribution is 5.29. The Hall–Kier alpha value is -1.08. The highest BCUT2D eigenvalue weighted by Crippen LogP contribution is 2.11. The predicted molar refractivity (Wildman–Crippen MR) is 60.4 cm³/mol. The number of aliphatic hydroxyl groups is 1. The molecule has 0 saturated carbocycles. The van der Waals surface area contributed by atoms with Crippen LogP contribution in [-0.4, -0.2) is 11.7 Å². The maximum atomic E-state index is 8.91. The van der Waals surface area contributed by atoms with Crippen LogP contribution in [0.2, 0.25) is 0 Å². The Morgan fingerprint density at radius 3 is 2.43 bits per heavy atom. The molecule has 1 rings (SSSR count). The Morgan fingerprint density at radius 2 is 1.86 bits per heavy atom. The summed E-state index contributed by atoms with van der Waals surface area (Å²) in [6, 6.07) is 8.29. The van der Waals surface area contributed by atoms with E-state index in [1.165, 1.54) is 16.7 Å². The third-order valence-electron chi connectivity index (χ3n) is 2.23. The van der Waals surface area contributed by atoms with E-state index in [9.17, 15) is 0 Å². The lowest BCUT2D eigenvalue weighted by Gasteiger charge is -2.05. The zero-order valence-electron chi connectivity index (χ0n) is 8.96. The summed E-state index contributed by atoms with van der Waals surface area (Å²) < 4.78 is 0. The van der Waals surface area contributed by atoms with Crippen LogP contribution < -0.4 is 0 Å². The Morgan fingerprint density at radius 1 is 1.21 bits per heavy atom. The minimum absolute atomic E-state index is 0.228. The van der Waals surface area contributed by atoms with Gasteiger partial charge < -0.3 is 5.11 Å². The normalized spacial score (nSPS) is 9.93. The monoisotopic (exact) mass is 190 g/mol. The standard InChI is InChI=1S/C13H18O/c1-11(2)7-8-12-5-3-4-6-13(12)9-10-14/h3-7,14H,8-10H2,1-2H3. The molecule has 0 aliphatic heterocycles. The first-order valence-electron chi connectivity index (χ1n) is 5.05. The molecule has 0 radical (unpaired) electrons. The van der Waals surface area contributed by atoms with Crippen molar-refractivity contribution in [2.45, 2.75) is 26.7 Å². The summed E-state index contributed by atoms with van der Waals surface area (Å²) in [7, 11) is 0. The second-order valence-corrected chi connectivity index (χ2v) is 3.73. The SMILES string of the molecule is CC(C)=CCc1ccccc1CCO. The van der Waals surface area contributed by atoms with Crippen molar-refractivity contribution in [1.29, 1.82) is 0 Å². The fourth-order valence-electron chi connectivity index (χ4n) is 1.44. The first-order valence-corrected chi connectivity index (χ1v) is 5.05. The minimum Gasteiger partial charge on any atom is -0.396 e. The molecule has 0 bridgehead atoms. The van der Waals surface area contributed by atoms with Crippen molar-refractivity contribution in [2.24, 2.45) is 0 Å². The Bertz CT molecular complexity index is 309. The molecule has 0 spiro atoms. The number of hydrogen-bond donors (Lipinski definition) is 1. The van der Waals surface area contributed by atoms with E-state index in [1.807, 2.05) is 6.07 Å². The molecule has 0 heterocycles. The molecule has 1 aromatic carbocycles. The Labute approximate surface area is 86.1 Å². The van der Waals surface area contributed by atoms with Gasteiger partial charge in [0.05, 0.1) is 0 Å². The maximum Gasteiger partial charge on any atom is 0.0471 e. The first-order chi connectivity index (χ1) is 6.74. The van der Waals surface area contributed by atoms with Crippen molar-refractivity contribution in [3.63, 3.8) is 0 Å². The van der Waals surface area contributed by atoms with Crippen molar-refractivity contribution in [3.8, 4) is 0 Å². The van der Waals surface area contributed by atoms with Crippen LogP contribution in [0.1, 0.15) is 25.0 Å². The average molecular weight is 190 g/mol. The zero-order valence-corrected chi connectivity index (χ0v) is 8.96. The molecule has 0 fully saturated rings. The second kappa shape index (κ2) is 5.61. The summed E-state index contributed by atoms with van der Waals surface area (Å²) in [5.74, 6) is 0. The topological polar surface area (TPSA) is 20.2 Å². The molecule has 0 unspecified atom stereocenters. The van der Waals surface area contributed by atoms with Crippen LogP contribution in [-0.2, 0) is 12.8 Å². The van der Waals surface area contributed by atoms with Crippen LogP contribution in [0.25, 0.3) is 0 Å². The second-order valence-electron chi connectivity index (χ2n) is 3.73. The summed E-state index contributed by atoms with van der Waals surface area (Å²) in [5.41, 5.74) is 3.92. The van der Waals surface area contributed by atoms with Gasteiger partial charge in [0.1, 0.15) is 0 Å². The lowest BCUT2D eigenvalue weighted by atomic mass is 10.0. The number of benzene rings is 1. The fraction of sp³-hybridized carbons (Fsp3) is 0.385. The van der Waals surface area contributed by atoms with Gasteiger partial charge in [-0.1, -0.05) is 35.9 Å². The largest absolute Gasteiger partial charge is 0.396 e. The predicted octanol–water partition coefficient (Wildman–Crippen LogP) is 2.73. The van der Waals surface area contributed by atoms with Gasteiger partial charge in [-0.3, -0.25) is 0 Å². The average Bonchev–Trinajstić information content (AvgIpc) is 2.17. The van der Waals surface area contributed by atoms with E-state index >= 15 is 0 Å². The highest BCUT2D eigenvalue weighted by Gasteiger charge is 1.98. The number of allylic oxidation sites excluding steroid dienone is 2. The van der Waals surface area contributed by atoms with Crippen molar-refractivity contribution in [3.05, 3.63) is 47.0 Å². The molecule has 1 aromatic rings. The third-order valence-corrected chi connectivity index (χ3v) is 2.23. The lowest BCUT2D eigenvalue weighted by molar-refractivity contribution is 0.299. The first kappa shape index (κ1) is 11.0. The van der Waals surface area contributed by atoms with E-state index in [-0.39, 0.29) is 6.61 Å². The highest BCUT2D eigenvalue weighted by atomic mass is 16.2. The summed E-state index contributed by atoms with van der Waals surface area (Å²) in [5, 5.41) is 8.91. The van der Waals surface area contributed by atoms with Gasteiger partial charge in [0.15, 0.2) is 0 Å². The van der Waals surface area contributed by atoms with Gasteiger partial charge in [0.25, 0.3) is 0 Å². The quantitative estimate of drug-likeness (QED) is 0.724. The minimum atomic E-state index is 0.228. The molecule has 0 atom stereocenters. The molecule has 0 aliphatic rings. The molecule has 0 amide bonds. The number of rotatable bonds is 4. The van der Waals surface area contributed by atoms with Crippen molar-refractivity contribution < 1.29 is 5.11 Å². The fourth-order valence-corrected chi connectivity index (χ4v) is 1.44. The van der Waals surface area contributed by atoms with Crippen molar-refractivity contribution in [2.75, 3.05) is 6.61 Å². The van der Waals surface area contributed by atoms with Crippen LogP contribution in [0.15, 0.2) is 35.9 Å². The molecule has 14 heavy (non-hydrogen) atoms. The third kappa shape index (κ3) is 3.35. The van der Waals surface area contributed by atoms with Crippen LogP contribution in [0.3, 0.4) is 0 Å². The van der Waals surface area contributed by atoms with Gasteiger partial charge in [-0.15, -0.1) is 0 Å². The van der Waals surface area contributed by atoms with Crippen LogP contribution in [0.5, 0.6) is 0 Å². The lowest BCUT2D eigenvalue weighted by Crippen LogP contribution is -1.96. The molecule has 1 nitrogen and oxygen atoms in total. The van der Waals surface area contributed by atoms with Gasteiger partial charge in [0.2, 0.25) is 0 Å². The maximum absolute atomic E-state index is 8.91. The Balaban J connectivity index is 2.79. The van der Waals surface area contributed by atoms with Gasteiger partial charge in [-0.25, -0.2) is 0 Å². The summed E-state index contributed by atoms with van der Waals surface area (Å²) in [4.78, 5) is 0. The van der Waals surface area contributed by atoms with E-state index < -0.39 is 0 Å². The molecule has 0 aromatic heterocycles. The molecule has 1 N–H and O–H groups in total. The van der Waals surface area contributed by atoms with Gasteiger partial charge in [-0.05, 0) is 37.8 Å². The molecular formula is C13H18O. The molecule has 0 aliphatic carbocycles. The van der Waals surface area contributed by atoms with Gasteiger partial charge >= 0.3 is 0 Å². The number of hydrogen-bond acceptors (Lipinski definition) is 1. The molecule has 1 heteroatoms. The van der Waals surface area contributed by atoms with E-state index in [2.05, 4.69) is 38.1 Å². The summed E-state index contributed by atoms with van der Waals surface area (Å²) in [6.45, 7) is 4.44. The van der Waals surface area contributed by atoms with E-state index in [4.69, 9.17) is 5.11 Å². The molecule has 0 saturated heterocycles. The molecular weight excluding hydrogens is 172 g/mol.